The van der Waals surface area contributed by atoms with Crippen molar-refractivity contribution in [2.45, 2.75) is 30.8 Å². The second-order valence-electron chi connectivity index (χ2n) is 6.96. The highest BCUT2D eigenvalue weighted by atomic mass is 32.2. The fourth-order valence-corrected chi connectivity index (χ4v) is 4.65. The number of anilines is 1. The number of hydrogen-bond acceptors (Lipinski definition) is 6. The smallest absolute Gasteiger partial charge is 0.408 e. The molecule has 0 saturated heterocycles. The minimum Gasteiger partial charge on any atom is -0.408 e. The molecule has 2 aromatic carbocycles. The summed E-state index contributed by atoms with van der Waals surface area (Å²) < 4.78 is 32.7. The molecule has 4 rings (SSSR count). The molecule has 1 aliphatic heterocycles. The summed E-state index contributed by atoms with van der Waals surface area (Å²) in [6.45, 7) is 1.37. The minimum atomic E-state index is -3.94. The van der Waals surface area contributed by atoms with Crippen LogP contribution in [0.15, 0.2) is 44.4 Å². The van der Waals surface area contributed by atoms with Gasteiger partial charge in [-0.05, 0) is 42.2 Å². The Morgan fingerprint density at radius 2 is 2.00 bits per heavy atom. The summed E-state index contributed by atoms with van der Waals surface area (Å²) in [6.07, 6.45) is -0.132. The molecule has 0 fully saturated rings. The molecule has 1 amide bonds. The molecule has 1 aromatic heterocycles. The molecule has 0 unspecified atom stereocenters. The summed E-state index contributed by atoms with van der Waals surface area (Å²) in [4.78, 5) is 25.2. The Balaban J connectivity index is 1.53. The fraction of sp³-hybridized carbons (Fsp3) is 0.263. The number of sulfonamides is 1. The van der Waals surface area contributed by atoms with E-state index in [2.05, 4.69) is 15.0 Å². The van der Waals surface area contributed by atoms with Crippen LogP contribution in [-0.4, -0.2) is 31.0 Å². The van der Waals surface area contributed by atoms with Crippen LogP contribution < -0.4 is 15.8 Å². The van der Waals surface area contributed by atoms with E-state index in [1.54, 1.807) is 25.1 Å². The number of aliphatic hydroxyl groups is 1. The number of oxazole rings is 1. The predicted molar refractivity (Wildman–Crippen MR) is 105 cm³/mol. The monoisotopic (exact) mass is 417 g/mol. The average molecular weight is 417 g/mol. The first-order valence-corrected chi connectivity index (χ1v) is 10.4. The maximum atomic E-state index is 12.7. The standard InChI is InChI=1S/C19H19N3O6S/c1-10-6-14-16(28-19(25)22-14)8-17(10)29(26,27)20-9-15(23)12-2-4-13-11(7-12)3-5-18(24)21-13/h2,4,6-8,15,20,23H,3,5,9H2,1H3,(H,21,24)(H,22,25)/t15-/m1/s1. The lowest BCUT2D eigenvalue weighted by Crippen LogP contribution is -2.29. The predicted octanol–water partition coefficient (Wildman–Crippen LogP) is 1.33. The van der Waals surface area contributed by atoms with Crippen molar-refractivity contribution in [2.75, 3.05) is 11.9 Å². The van der Waals surface area contributed by atoms with Gasteiger partial charge in [-0.3, -0.25) is 9.78 Å². The Labute approximate surface area is 165 Å². The van der Waals surface area contributed by atoms with E-state index in [-0.39, 0.29) is 22.9 Å². The van der Waals surface area contributed by atoms with Crippen molar-refractivity contribution in [3.63, 3.8) is 0 Å². The van der Waals surface area contributed by atoms with E-state index < -0.39 is 21.9 Å². The number of aromatic amines is 1. The zero-order valence-electron chi connectivity index (χ0n) is 15.5. The zero-order valence-corrected chi connectivity index (χ0v) is 16.3. The van der Waals surface area contributed by atoms with Gasteiger partial charge in [-0.1, -0.05) is 12.1 Å². The molecule has 0 saturated carbocycles. The van der Waals surface area contributed by atoms with E-state index in [4.69, 9.17) is 4.42 Å². The maximum Gasteiger partial charge on any atom is 0.417 e. The number of aryl methyl sites for hydroxylation is 2. The molecule has 29 heavy (non-hydrogen) atoms. The molecule has 1 atom stereocenters. The number of carbonyl (C=O) groups is 1. The van der Waals surface area contributed by atoms with E-state index in [9.17, 15) is 23.1 Å². The van der Waals surface area contributed by atoms with E-state index in [1.165, 1.54) is 12.1 Å². The summed E-state index contributed by atoms with van der Waals surface area (Å²) in [5, 5.41) is 13.2. The highest BCUT2D eigenvalue weighted by Crippen LogP contribution is 2.26. The van der Waals surface area contributed by atoms with E-state index in [0.717, 1.165) is 5.56 Å². The molecule has 4 N–H and O–H groups in total. The Morgan fingerprint density at radius 3 is 2.79 bits per heavy atom. The molecule has 0 radical (unpaired) electrons. The van der Waals surface area contributed by atoms with Gasteiger partial charge in [0.25, 0.3) is 0 Å². The third-order valence-electron chi connectivity index (χ3n) is 4.88. The van der Waals surface area contributed by atoms with E-state index >= 15 is 0 Å². The van der Waals surface area contributed by atoms with Gasteiger partial charge < -0.3 is 14.8 Å². The van der Waals surface area contributed by atoms with Crippen molar-refractivity contribution in [3.05, 3.63) is 57.6 Å². The topological polar surface area (TPSA) is 142 Å². The Morgan fingerprint density at radius 1 is 1.21 bits per heavy atom. The van der Waals surface area contributed by atoms with Crippen LogP contribution in [0, 0.1) is 6.92 Å². The van der Waals surface area contributed by atoms with E-state index in [0.29, 0.717) is 35.2 Å². The molecule has 1 aliphatic rings. The van der Waals surface area contributed by atoms with Gasteiger partial charge in [0.1, 0.15) is 0 Å². The average Bonchev–Trinajstić information content (AvgIpc) is 3.03. The summed E-state index contributed by atoms with van der Waals surface area (Å²) >= 11 is 0. The lowest BCUT2D eigenvalue weighted by molar-refractivity contribution is -0.116. The molecule has 0 spiro atoms. The quantitative estimate of drug-likeness (QED) is 0.493. The number of aromatic nitrogens is 1. The van der Waals surface area contributed by atoms with Gasteiger partial charge in [0.15, 0.2) is 5.58 Å². The minimum absolute atomic E-state index is 0.0342. The number of hydrogen-bond donors (Lipinski definition) is 4. The zero-order chi connectivity index (χ0) is 20.8. The lowest BCUT2D eigenvalue weighted by Gasteiger charge is -2.19. The second kappa shape index (κ2) is 7.14. The summed E-state index contributed by atoms with van der Waals surface area (Å²) in [5.74, 6) is -0.718. The summed E-state index contributed by atoms with van der Waals surface area (Å²) in [7, 11) is -3.94. The van der Waals surface area contributed by atoms with Crippen LogP contribution in [0.4, 0.5) is 5.69 Å². The van der Waals surface area contributed by atoms with Crippen molar-refractivity contribution in [2.24, 2.45) is 0 Å². The number of H-pyrrole nitrogens is 1. The van der Waals surface area contributed by atoms with E-state index in [1.807, 2.05) is 0 Å². The third-order valence-corrected chi connectivity index (χ3v) is 6.45. The fourth-order valence-electron chi connectivity index (χ4n) is 3.37. The van der Waals surface area contributed by atoms with Crippen molar-refractivity contribution in [1.82, 2.24) is 9.71 Å². The molecule has 0 aliphatic carbocycles. The Kier molecular flexibility index (Phi) is 4.77. The van der Waals surface area contributed by atoms with Crippen LogP contribution in [0.3, 0.4) is 0 Å². The number of aliphatic hydroxyl groups excluding tert-OH is 1. The highest BCUT2D eigenvalue weighted by molar-refractivity contribution is 7.89. The molecule has 3 aromatic rings. The third kappa shape index (κ3) is 3.82. The lowest BCUT2D eigenvalue weighted by atomic mass is 9.98. The van der Waals surface area contributed by atoms with Gasteiger partial charge in [0.2, 0.25) is 15.9 Å². The molecule has 152 valence electrons. The molecule has 9 nitrogen and oxygen atoms in total. The van der Waals surface area contributed by atoms with Gasteiger partial charge in [0.05, 0.1) is 16.5 Å². The number of fused-ring (bicyclic) bond motifs is 2. The van der Waals surface area contributed by atoms with Crippen LogP contribution in [0.1, 0.15) is 29.2 Å². The second-order valence-corrected chi connectivity index (χ2v) is 8.70. The maximum absolute atomic E-state index is 12.7. The van der Waals surface area contributed by atoms with Crippen molar-refractivity contribution in [1.29, 1.82) is 0 Å². The summed E-state index contributed by atoms with van der Waals surface area (Å²) in [5.41, 5.74) is 3.13. The number of benzene rings is 2. The molecular formula is C19H19N3O6S. The normalized spacial score (nSPS) is 15.2. The largest absolute Gasteiger partial charge is 0.417 e. The Hall–Kier alpha value is -2.95. The van der Waals surface area contributed by atoms with Crippen LogP contribution in [0.2, 0.25) is 0 Å². The van der Waals surface area contributed by atoms with Gasteiger partial charge in [-0.2, -0.15) is 0 Å². The van der Waals surface area contributed by atoms with Crippen molar-refractivity contribution < 1.29 is 22.7 Å². The van der Waals surface area contributed by atoms with Gasteiger partial charge in [-0.15, -0.1) is 0 Å². The number of carbonyl (C=O) groups excluding carboxylic acids is 1. The molecule has 10 heteroatoms. The van der Waals surface area contributed by atoms with Crippen molar-refractivity contribution >= 4 is 32.7 Å². The van der Waals surface area contributed by atoms with Crippen LogP contribution >= 0.6 is 0 Å². The first kappa shape index (κ1) is 19.4. The number of rotatable bonds is 5. The van der Waals surface area contributed by atoms with Gasteiger partial charge >= 0.3 is 5.76 Å². The number of amides is 1. The number of nitrogens with one attached hydrogen (secondary N) is 3. The van der Waals surface area contributed by atoms with Crippen LogP contribution in [-0.2, 0) is 21.2 Å². The first-order chi connectivity index (χ1) is 13.7. The molecule has 2 heterocycles. The molecular weight excluding hydrogens is 398 g/mol. The van der Waals surface area contributed by atoms with Crippen LogP contribution in [0.5, 0.6) is 0 Å². The van der Waals surface area contributed by atoms with Gasteiger partial charge in [0, 0.05) is 24.7 Å². The van der Waals surface area contributed by atoms with Crippen molar-refractivity contribution in [3.8, 4) is 0 Å². The SMILES string of the molecule is Cc1cc2[nH]c(=O)oc2cc1S(=O)(=O)NC[C@@H](O)c1ccc2c(c1)CCC(=O)N2. The van der Waals surface area contributed by atoms with Crippen LogP contribution in [0.25, 0.3) is 11.1 Å². The van der Waals surface area contributed by atoms with Gasteiger partial charge in [-0.25, -0.2) is 17.9 Å². The molecule has 0 bridgehead atoms. The highest BCUT2D eigenvalue weighted by Gasteiger charge is 2.22. The first-order valence-electron chi connectivity index (χ1n) is 8.97. The summed E-state index contributed by atoms with van der Waals surface area (Å²) in [6, 6.07) is 7.90. The Bertz CT molecular complexity index is 1270.